The Balaban J connectivity index is 1.55. The lowest BCUT2D eigenvalue weighted by molar-refractivity contribution is -0.145. The van der Waals surface area contributed by atoms with E-state index in [9.17, 15) is 9.59 Å². The number of aryl methyl sites for hydroxylation is 1. The topological polar surface area (TPSA) is 73.4 Å². The van der Waals surface area contributed by atoms with Crippen LogP contribution in [-0.4, -0.2) is 40.0 Å². The van der Waals surface area contributed by atoms with Crippen LogP contribution in [0.1, 0.15) is 25.0 Å². The third-order valence-corrected chi connectivity index (χ3v) is 4.56. The fraction of sp³-hybridized carbons (Fsp3) is 0.368. The van der Waals surface area contributed by atoms with E-state index in [4.69, 9.17) is 5.11 Å². The molecule has 1 fully saturated rings. The Bertz CT molecular complexity index is 708. The molecule has 24 heavy (non-hydrogen) atoms. The molecular formula is C19H22N2O3. The van der Waals surface area contributed by atoms with Crippen LogP contribution in [0.5, 0.6) is 0 Å². The van der Waals surface area contributed by atoms with Crippen molar-refractivity contribution in [2.45, 2.75) is 25.7 Å². The molecule has 2 N–H and O–H groups in total. The number of rotatable bonds is 5. The molecule has 2 aromatic rings. The molecule has 1 aromatic heterocycles. The van der Waals surface area contributed by atoms with Gasteiger partial charge in [0.1, 0.15) is 0 Å². The van der Waals surface area contributed by atoms with Crippen LogP contribution in [0, 0.1) is 5.92 Å². The fourth-order valence-corrected chi connectivity index (χ4v) is 3.18. The zero-order chi connectivity index (χ0) is 16.9. The summed E-state index contributed by atoms with van der Waals surface area (Å²) in [6, 6.07) is 14.1. The second kappa shape index (κ2) is 7.34. The van der Waals surface area contributed by atoms with Gasteiger partial charge in [-0.25, -0.2) is 0 Å². The molecule has 126 valence electrons. The number of hydrogen-bond donors (Lipinski definition) is 2. The Kier molecular flexibility index (Phi) is 4.99. The first-order valence-corrected chi connectivity index (χ1v) is 8.37. The van der Waals surface area contributed by atoms with Crippen LogP contribution in [0.2, 0.25) is 0 Å². The normalized spacial score (nSPS) is 17.7. The monoisotopic (exact) mass is 326 g/mol. The number of aromatic amines is 1. The molecular weight excluding hydrogens is 304 g/mol. The van der Waals surface area contributed by atoms with Crippen LogP contribution in [0.3, 0.4) is 0 Å². The van der Waals surface area contributed by atoms with Gasteiger partial charge in [-0.05, 0) is 37.0 Å². The molecule has 5 heteroatoms. The third kappa shape index (κ3) is 3.85. The molecule has 3 rings (SSSR count). The van der Waals surface area contributed by atoms with E-state index in [0.717, 1.165) is 23.4 Å². The predicted molar refractivity (Wildman–Crippen MR) is 91.5 cm³/mol. The molecule has 1 aromatic carbocycles. The van der Waals surface area contributed by atoms with E-state index in [1.807, 2.05) is 42.5 Å². The SMILES string of the molecule is O=C(O)[C@H]1CCCN(C(=O)CCc2ccc(-c3ccccc3)[nH]2)C1. The summed E-state index contributed by atoms with van der Waals surface area (Å²) in [7, 11) is 0. The minimum Gasteiger partial charge on any atom is -0.481 e. The molecule has 1 atom stereocenters. The van der Waals surface area contributed by atoms with Crippen molar-refractivity contribution >= 4 is 11.9 Å². The van der Waals surface area contributed by atoms with Gasteiger partial charge in [0.2, 0.25) is 5.91 Å². The highest BCUT2D eigenvalue weighted by atomic mass is 16.4. The molecule has 0 bridgehead atoms. The van der Waals surface area contributed by atoms with Crippen LogP contribution in [0.4, 0.5) is 0 Å². The zero-order valence-electron chi connectivity index (χ0n) is 13.6. The van der Waals surface area contributed by atoms with Crippen LogP contribution in [-0.2, 0) is 16.0 Å². The summed E-state index contributed by atoms with van der Waals surface area (Å²) >= 11 is 0. The Hall–Kier alpha value is -2.56. The lowest BCUT2D eigenvalue weighted by atomic mass is 9.98. The average molecular weight is 326 g/mol. The first kappa shape index (κ1) is 16.3. The standard InChI is InChI=1S/C19H22N2O3/c22-18(21-12-4-7-15(13-21)19(23)24)11-9-16-8-10-17(20-16)14-5-2-1-3-6-14/h1-3,5-6,8,10,15,20H,4,7,9,11-13H2,(H,23,24)/t15-/m0/s1. The number of carboxylic acid groups (broad SMARTS) is 1. The van der Waals surface area contributed by atoms with E-state index in [1.54, 1.807) is 4.90 Å². The predicted octanol–water partition coefficient (Wildman–Crippen LogP) is 2.94. The summed E-state index contributed by atoms with van der Waals surface area (Å²) < 4.78 is 0. The van der Waals surface area contributed by atoms with Crippen molar-refractivity contribution in [3.8, 4) is 11.3 Å². The summed E-state index contributed by atoms with van der Waals surface area (Å²) in [6.45, 7) is 1.01. The highest BCUT2D eigenvalue weighted by Crippen LogP contribution is 2.20. The van der Waals surface area contributed by atoms with Gasteiger partial charge in [0, 0.05) is 30.9 Å². The first-order chi connectivity index (χ1) is 11.6. The number of carbonyl (C=O) groups excluding carboxylic acids is 1. The molecule has 0 radical (unpaired) electrons. The lowest BCUT2D eigenvalue weighted by Crippen LogP contribution is -2.42. The number of likely N-dealkylation sites (tertiary alicyclic amines) is 1. The Morgan fingerprint density at radius 3 is 2.71 bits per heavy atom. The molecule has 5 nitrogen and oxygen atoms in total. The van der Waals surface area contributed by atoms with E-state index >= 15 is 0 Å². The van der Waals surface area contributed by atoms with Crippen LogP contribution >= 0.6 is 0 Å². The molecule has 1 amide bonds. The van der Waals surface area contributed by atoms with Crippen molar-refractivity contribution in [1.82, 2.24) is 9.88 Å². The fourth-order valence-electron chi connectivity index (χ4n) is 3.18. The van der Waals surface area contributed by atoms with E-state index in [2.05, 4.69) is 4.98 Å². The van der Waals surface area contributed by atoms with Crippen molar-refractivity contribution in [2.75, 3.05) is 13.1 Å². The van der Waals surface area contributed by atoms with Crippen molar-refractivity contribution < 1.29 is 14.7 Å². The summed E-state index contributed by atoms with van der Waals surface area (Å²) in [6.07, 6.45) is 2.47. The number of hydrogen-bond acceptors (Lipinski definition) is 2. The Morgan fingerprint density at radius 2 is 1.96 bits per heavy atom. The summed E-state index contributed by atoms with van der Waals surface area (Å²) in [4.78, 5) is 28.5. The van der Waals surface area contributed by atoms with Gasteiger partial charge in [-0.3, -0.25) is 9.59 Å². The summed E-state index contributed by atoms with van der Waals surface area (Å²) in [5.41, 5.74) is 3.19. The molecule has 0 unspecified atom stereocenters. The number of piperidine rings is 1. The van der Waals surface area contributed by atoms with E-state index in [0.29, 0.717) is 32.4 Å². The van der Waals surface area contributed by atoms with Crippen molar-refractivity contribution in [2.24, 2.45) is 5.92 Å². The maximum Gasteiger partial charge on any atom is 0.308 e. The number of nitrogens with zero attached hydrogens (tertiary/aromatic N) is 1. The van der Waals surface area contributed by atoms with Crippen molar-refractivity contribution in [3.63, 3.8) is 0 Å². The van der Waals surface area contributed by atoms with Gasteiger partial charge in [-0.15, -0.1) is 0 Å². The minimum atomic E-state index is -0.802. The highest BCUT2D eigenvalue weighted by Gasteiger charge is 2.27. The second-order valence-electron chi connectivity index (χ2n) is 6.28. The minimum absolute atomic E-state index is 0.0387. The van der Waals surface area contributed by atoms with Gasteiger partial charge >= 0.3 is 5.97 Å². The molecule has 0 spiro atoms. The number of carbonyl (C=O) groups is 2. The Labute approximate surface area is 141 Å². The van der Waals surface area contributed by atoms with Gasteiger partial charge in [-0.2, -0.15) is 0 Å². The summed E-state index contributed by atoms with van der Waals surface area (Å²) in [5, 5.41) is 9.11. The molecule has 2 heterocycles. The zero-order valence-corrected chi connectivity index (χ0v) is 13.6. The average Bonchev–Trinajstić information content (AvgIpc) is 3.09. The molecule has 0 saturated carbocycles. The van der Waals surface area contributed by atoms with E-state index < -0.39 is 11.9 Å². The number of amides is 1. The largest absolute Gasteiger partial charge is 0.481 e. The lowest BCUT2D eigenvalue weighted by Gasteiger charge is -2.30. The quantitative estimate of drug-likeness (QED) is 0.887. The molecule has 0 aliphatic carbocycles. The molecule has 1 aliphatic rings. The van der Waals surface area contributed by atoms with Gasteiger partial charge in [0.05, 0.1) is 5.92 Å². The number of carboxylic acids is 1. The third-order valence-electron chi connectivity index (χ3n) is 4.56. The van der Waals surface area contributed by atoms with Gasteiger partial charge in [-0.1, -0.05) is 30.3 Å². The number of benzene rings is 1. The van der Waals surface area contributed by atoms with E-state index in [-0.39, 0.29) is 5.91 Å². The number of aliphatic carboxylic acids is 1. The smallest absolute Gasteiger partial charge is 0.308 e. The highest BCUT2D eigenvalue weighted by molar-refractivity contribution is 5.78. The first-order valence-electron chi connectivity index (χ1n) is 8.37. The molecule has 1 aliphatic heterocycles. The number of aromatic nitrogens is 1. The van der Waals surface area contributed by atoms with E-state index in [1.165, 1.54) is 0 Å². The summed E-state index contributed by atoms with van der Waals surface area (Å²) in [5.74, 6) is -1.18. The van der Waals surface area contributed by atoms with Crippen molar-refractivity contribution in [3.05, 3.63) is 48.2 Å². The maximum absolute atomic E-state index is 12.3. The van der Waals surface area contributed by atoms with Gasteiger partial charge < -0.3 is 15.0 Å². The second-order valence-corrected chi connectivity index (χ2v) is 6.28. The Morgan fingerprint density at radius 1 is 1.17 bits per heavy atom. The van der Waals surface area contributed by atoms with Gasteiger partial charge in [0.25, 0.3) is 0 Å². The number of nitrogens with one attached hydrogen (secondary N) is 1. The number of H-pyrrole nitrogens is 1. The molecule has 1 saturated heterocycles. The van der Waals surface area contributed by atoms with Gasteiger partial charge in [0.15, 0.2) is 0 Å². The van der Waals surface area contributed by atoms with Crippen LogP contribution in [0.25, 0.3) is 11.3 Å². The van der Waals surface area contributed by atoms with Crippen LogP contribution in [0.15, 0.2) is 42.5 Å². The van der Waals surface area contributed by atoms with Crippen LogP contribution < -0.4 is 0 Å². The maximum atomic E-state index is 12.3. The van der Waals surface area contributed by atoms with Crippen molar-refractivity contribution in [1.29, 1.82) is 0 Å².